The van der Waals surface area contributed by atoms with Crippen LogP contribution in [0.5, 0.6) is 0 Å². The normalized spacial score (nSPS) is 18.9. The molecule has 0 radical (unpaired) electrons. The SMILES string of the molecule is COC(=O)C1(Sc2cnc(N)s2)CCCCC1. The van der Waals surface area contributed by atoms with Gasteiger partial charge in [0.15, 0.2) is 5.13 Å². The van der Waals surface area contributed by atoms with Crippen LogP contribution in [0.1, 0.15) is 32.1 Å². The number of aromatic nitrogens is 1. The number of esters is 1. The number of hydrogen-bond donors (Lipinski definition) is 1. The van der Waals surface area contributed by atoms with Crippen LogP contribution in [-0.4, -0.2) is 22.8 Å². The van der Waals surface area contributed by atoms with E-state index in [-0.39, 0.29) is 5.97 Å². The number of anilines is 1. The molecule has 6 heteroatoms. The second-order valence-corrected chi connectivity index (χ2v) is 6.91. The molecule has 1 saturated carbocycles. The molecule has 17 heavy (non-hydrogen) atoms. The van der Waals surface area contributed by atoms with Crippen LogP contribution < -0.4 is 5.73 Å². The lowest BCUT2D eigenvalue weighted by molar-refractivity contribution is -0.144. The average molecular weight is 272 g/mol. The minimum Gasteiger partial charge on any atom is -0.468 e. The van der Waals surface area contributed by atoms with Gasteiger partial charge in [0.05, 0.1) is 17.5 Å². The molecule has 1 aromatic heterocycles. The van der Waals surface area contributed by atoms with E-state index in [0.29, 0.717) is 5.13 Å². The Morgan fingerprint density at radius 2 is 2.24 bits per heavy atom. The highest BCUT2D eigenvalue weighted by Gasteiger charge is 2.42. The van der Waals surface area contributed by atoms with Gasteiger partial charge in [0.1, 0.15) is 4.75 Å². The number of ether oxygens (including phenoxy) is 1. The highest BCUT2D eigenvalue weighted by molar-refractivity contribution is 8.03. The van der Waals surface area contributed by atoms with Gasteiger partial charge in [-0.3, -0.25) is 4.79 Å². The van der Waals surface area contributed by atoms with Crippen molar-refractivity contribution in [1.82, 2.24) is 4.98 Å². The van der Waals surface area contributed by atoms with E-state index in [0.717, 1.165) is 29.9 Å². The van der Waals surface area contributed by atoms with Gasteiger partial charge in [-0.25, -0.2) is 4.98 Å². The number of thioether (sulfide) groups is 1. The summed E-state index contributed by atoms with van der Waals surface area (Å²) in [5, 5.41) is 0.545. The summed E-state index contributed by atoms with van der Waals surface area (Å²) in [6.45, 7) is 0. The topological polar surface area (TPSA) is 65.2 Å². The third-order valence-electron chi connectivity index (χ3n) is 3.02. The average Bonchev–Trinajstić information content (AvgIpc) is 2.74. The largest absolute Gasteiger partial charge is 0.468 e. The summed E-state index contributed by atoms with van der Waals surface area (Å²) < 4.78 is 5.54. The molecule has 4 nitrogen and oxygen atoms in total. The maximum Gasteiger partial charge on any atom is 0.322 e. The number of carbonyl (C=O) groups excluding carboxylic acids is 1. The Bertz CT molecular complexity index is 400. The summed E-state index contributed by atoms with van der Waals surface area (Å²) in [6.07, 6.45) is 6.85. The zero-order valence-corrected chi connectivity index (χ0v) is 11.4. The Balaban J connectivity index is 2.18. The van der Waals surface area contributed by atoms with Crippen molar-refractivity contribution in [3.05, 3.63) is 6.20 Å². The molecule has 2 rings (SSSR count). The molecule has 2 N–H and O–H groups in total. The first-order valence-corrected chi connectivity index (χ1v) is 7.28. The number of nitrogens with zero attached hydrogens (tertiary/aromatic N) is 1. The molecule has 0 atom stereocenters. The molecule has 0 unspecified atom stereocenters. The molecule has 1 aromatic rings. The summed E-state index contributed by atoms with van der Waals surface area (Å²) in [4.78, 5) is 16.0. The zero-order valence-electron chi connectivity index (χ0n) is 9.77. The van der Waals surface area contributed by atoms with Gasteiger partial charge < -0.3 is 10.5 Å². The third-order valence-corrected chi connectivity index (χ3v) is 5.41. The summed E-state index contributed by atoms with van der Waals surface area (Å²) in [7, 11) is 1.46. The highest BCUT2D eigenvalue weighted by Crippen LogP contribution is 2.46. The van der Waals surface area contributed by atoms with E-state index in [1.807, 2.05) is 0 Å². The van der Waals surface area contributed by atoms with Crippen LogP contribution in [0.4, 0.5) is 5.13 Å². The van der Waals surface area contributed by atoms with Crippen molar-refractivity contribution in [2.24, 2.45) is 0 Å². The van der Waals surface area contributed by atoms with Crippen molar-refractivity contribution in [2.75, 3.05) is 12.8 Å². The molecule has 1 aliphatic carbocycles. The van der Waals surface area contributed by atoms with Crippen molar-refractivity contribution in [2.45, 2.75) is 41.1 Å². The van der Waals surface area contributed by atoms with Crippen molar-refractivity contribution in [3.63, 3.8) is 0 Å². The molecule has 0 amide bonds. The van der Waals surface area contributed by atoms with Gasteiger partial charge in [0, 0.05) is 0 Å². The lowest BCUT2D eigenvalue weighted by Gasteiger charge is -2.33. The van der Waals surface area contributed by atoms with E-state index < -0.39 is 4.75 Å². The Morgan fingerprint density at radius 3 is 2.76 bits per heavy atom. The maximum absolute atomic E-state index is 12.0. The minimum absolute atomic E-state index is 0.117. The summed E-state index contributed by atoms with van der Waals surface area (Å²) in [5.41, 5.74) is 5.61. The molecule has 0 saturated heterocycles. The summed E-state index contributed by atoms with van der Waals surface area (Å²) in [6, 6.07) is 0. The van der Waals surface area contributed by atoms with Crippen LogP contribution in [0.2, 0.25) is 0 Å². The molecule has 1 aliphatic rings. The monoisotopic (exact) mass is 272 g/mol. The third kappa shape index (κ3) is 2.74. The van der Waals surface area contributed by atoms with Gasteiger partial charge in [0.2, 0.25) is 0 Å². The highest BCUT2D eigenvalue weighted by atomic mass is 32.2. The predicted octanol–water partition coefficient (Wildman–Crippen LogP) is 2.69. The van der Waals surface area contributed by atoms with E-state index >= 15 is 0 Å². The molecule has 0 bridgehead atoms. The molecule has 1 fully saturated rings. The van der Waals surface area contributed by atoms with Crippen LogP contribution in [0.15, 0.2) is 10.4 Å². The van der Waals surface area contributed by atoms with E-state index in [9.17, 15) is 4.79 Å². The minimum atomic E-state index is -0.425. The lowest BCUT2D eigenvalue weighted by atomic mass is 9.88. The van der Waals surface area contributed by atoms with E-state index in [1.54, 1.807) is 18.0 Å². The number of nitrogens with two attached hydrogens (primary N) is 1. The van der Waals surface area contributed by atoms with E-state index in [4.69, 9.17) is 10.5 Å². The second kappa shape index (κ2) is 5.27. The smallest absolute Gasteiger partial charge is 0.322 e. The standard InChI is InChI=1S/C11H16N2O2S2/c1-15-9(14)11(5-3-2-4-6-11)17-8-7-13-10(12)16-8/h7H,2-6H2,1H3,(H2,12,13). The van der Waals surface area contributed by atoms with Gasteiger partial charge in [0.25, 0.3) is 0 Å². The fourth-order valence-corrected chi connectivity index (χ4v) is 4.64. The molecule has 0 aliphatic heterocycles. The first kappa shape index (κ1) is 12.7. The van der Waals surface area contributed by atoms with Crippen molar-refractivity contribution in [3.8, 4) is 0 Å². The van der Waals surface area contributed by atoms with Gasteiger partial charge in [-0.15, -0.1) is 0 Å². The van der Waals surface area contributed by atoms with Crippen LogP contribution in [-0.2, 0) is 9.53 Å². The molecule has 0 aromatic carbocycles. The number of rotatable bonds is 3. The number of carbonyl (C=O) groups is 1. The van der Waals surface area contributed by atoms with Gasteiger partial charge >= 0.3 is 5.97 Å². The van der Waals surface area contributed by atoms with Crippen molar-refractivity contribution < 1.29 is 9.53 Å². The second-order valence-electron chi connectivity index (χ2n) is 4.17. The molecule has 0 spiro atoms. The Hall–Kier alpha value is -0.750. The van der Waals surface area contributed by atoms with Gasteiger partial charge in [-0.2, -0.15) is 0 Å². The first-order valence-electron chi connectivity index (χ1n) is 5.65. The Morgan fingerprint density at radius 1 is 1.53 bits per heavy atom. The van der Waals surface area contributed by atoms with Crippen LogP contribution in [0.25, 0.3) is 0 Å². The Labute approximate surface area is 109 Å². The molecule has 1 heterocycles. The van der Waals surface area contributed by atoms with Crippen molar-refractivity contribution in [1.29, 1.82) is 0 Å². The van der Waals surface area contributed by atoms with E-state index in [1.165, 1.54) is 24.9 Å². The summed E-state index contributed by atoms with van der Waals surface area (Å²) >= 11 is 3.00. The number of hydrogen-bond acceptors (Lipinski definition) is 6. The van der Waals surface area contributed by atoms with Crippen LogP contribution in [0.3, 0.4) is 0 Å². The predicted molar refractivity (Wildman–Crippen MR) is 70.2 cm³/mol. The van der Waals surface area contributed by atoms with Crippen LogP contribution in [0, 0.1) is 0 Å². The lowest BCUT2D eigenvalue weighted by Crippen LogP contribution is -2.38. The zero-order chi connectivity index (χ0) is 12.3. The van der Waals surface area contributed by atoms with Gasteiger partial charge in [-0.05, 0) is 12.8 Å². The Kier molecular flexibility index (Phi) is 3.93. The first-order chi connectivity index (χ1) is 8.16. The summed E-state index contributed by atoms with van der Waals surface area (Å²) in [5.74, 6) is -0.117. The molecular formula is C11H16N2O2S2. The van der Waals surface area contributed by atoms with Crippen molar-refractivity contribution >= 4 is 34.2 Å². The quantitative estimate of drug-likeness (QED) is 0.857. The fourth-order valence-electron chi connectivity index (χ4n) is 2.17. The fraction of sp³-hybridized carbons (Fsp3) is 0.636. The number of nitrogen functional groups attached to an aromatic ring is 1. The number of methoxy groups -OCH3 is 1. The van der Waals surface area contributed by atoms with Gasteiger partial charge in [-0.1, -0.05) is 42.4 Å². The van der Waals surface area contributed by atoms with Crippen LogP contribution >= 0.6 is 23.1 Å². The molecular weight excluding hydrogens is 256 g/mol. The number of thiazole rings is 1. The maximum atomic E-state index is 12.0. The molecule has 94 valence electrons. The van der Waals surface area contributed by atoms with E-state index in [2.05, 4.69) is 4.98 Å².